The SMILES string of the molecule is Cn1ncc2c(F)c(N(N[C@H](c3ccccc3)[C@@H](N)c3ccccc3)c3ccc(C(N)=O)cn3)ccc21. The van der Waals surface area contributed by atoms with E-state index < -0.39 is 23.8 Å². The van der Waals surface area contributed by atoms with E-state index >= 15 is 4.39 Å². The van der Waals surface area contributed by atoms with Crippen LogP contribution in [0, 0.1) is 5.82 Å². The van der Waals surface area contributed by atoms with Crippen molar-refractivity contribution in [2.45, 2.75) is 12.1 Å². The standard InChI is InChI=1S/C28H26FN7O/c1-35-22-13-14-23(25(29)21(22)17-33-35)36(24-15-12-20(16-32-24)28(31)37)34-27(19-10-6-3-7-11-19)26(30)18-8-4-2-5-9-18/h2-17,26-27,34H,30H2,1H3,(H2,31,37)/t26-,27+/m0/s1. The fraction of sp³-hybridized carbons (Fsp3) is 0.107. The number of hydrazine groups is 1. The first-order valence-corrected chi connectivity index (χ1v) is 11.7. The lowest BCUT2D eigenvalue weighted by Gasteiger charge is -2.33. The summed E-state index contributed by atoms with van der Waals surface area (Å²) in [7, 11) is 1.76. The molecule has 186 valence electrons. The minimum absolute atomic E-state index is 0.223. The Labute approximate surface area is 213 Å². The first-order valence-electron chi connectivity index (χ1n) is 11.7. The number of nitrogens with zero attached hydrogens (tertiary/aromatic N) is 4. The van der Waals surface area contributed by atoms with Gasteiger partial charge in [0.1, 0.15) is 5.82 Å². The van der Waals surface area contributed by atoms with Gasteiger partial charge in [-0.05, 0) is 35.4 Å². The van der Waals surface area contributed by atoms with E-state index in [-0.39, 0.29) is 11.3 Å². The van der Waals surface area contributed by atoms with Crippen molar-refractivity contribution in [2.24, 2.45) is 18.5 Å². The molecule has 2 atom stereocenters. The van der Waals surface area contributed by atoms with E-state index in [4.69, 9.17) is 11.5 Å². The minimum atomic E-state index is -0.602. The largest absolute Gasteiger partial charge is 0.366 e. The third kappa shape index (κ3) is 4.77. The first-order chi connectivity index (χ1) is 17.9. The van der Waals surface area contributed by atoms with E-state index in [0.29, 0.717) is 16.7 Å². The third-order valence-corrected chi connectivity index (χ3v) is 6.32. The molecule has 5 aromatic rings. The number of aryl methyl sites for hydroxylation is 1. The number of primary amides is 1. The minimum Gasteiger partial charge on any atom is -0.366 e. The van der Waals surface area contributed by atoms with Crippen LogP contribution in [0.4, 0.5) is 15.9 Å². The van der Waals surface area contributed by atoms with Crippen molar-refractivity contribution >= 4 is 28.3 Å². The van der Waals surface area contributed by atoms with Gasteiger partial charge in [0, 0.05) is 13.2 Å². The van der Waals surface area contributed by atoms with Gasteiger partial charge >= 0.3 is 0 Å². The molecular weight excluding hydrogens is 469 g/mol. The highest BCUT2D eigenvalue weighted by atomic mass is 19.1. The Morgan fingerprint density at radius 3 is 2.24 bits per heavy atom. The molecule has 0 aliphatic carbocycles. The van der Waals surface area contributed by atoms with Crippen LogP contribution in [0.1, 0.15) is 33.6 Å². The summed E-state index contributed by atoms with van der Waals surface area (Å²) in [6.45, 7) is 0. The summed E-state index contributed by atoms with van der Waals surface area (Å²) in [6.07, 6.45) is 2.85. The summed E-state index contributed by atoms with van der Waals surface area (Å²) in [5, 5.41) is 6.10. The van der Waals surface area contributed by atoms with Crippen LogP contribution in [-0.2, 0) is 7.05 Å². The van der Waals surface area contributed by atoms with Gasteiger partial charge in [-0.1, -0.05) is 60.7 Å². The highest BCUT2D eigenvalue weighted by molar-refractivity contribution is 5.92. The Morgan fingerprint density at radius 2 is 1.62 bits per heavy atom. The van der Waals surface area contributed by atoms with Crippen LogP contribution in [0.5, 0.6) is 0 Å². The second-order valence-corrected chi connectivity index (χ2v) is 8.66. The van der Waals surface area contributed by atoms with Gasteiger partial charge in [0.05, 0.1) is 40.4 Å². The normalized spacial score (nSPS) is 12.8. The summed E-state index contributed by atoms with van der Waals surface area (Å²) < 4.78 is 17.5. The predicted molar refractivity (Wildman–Crippen MR) is 141 cm³/mol. The van der Waals surface area contributed by atoms with Crippen molar-refractivity contribution in [1.82, 2.24) is 20.2 Å². The highest BCUT2D eigenvalue weighted by Gasteiger charge is 2.27. The molecule has 5 N–H and O–H groups in total. The lowest BCUT2D eigenvalue weighted by molar-refractivity contribution is 0.1000. The quantitative estimate of drug-likeness (QED) is 0.277. The molecule has 0 radical (unpaired) electrons. The molecule has 8 nitrogen and oxygen atoms in total. The number of rotatable bonds is 8. The number of carbonyl (C=O) groups is 1. The molecule has 0 saturated carbocycles. The molecule has 2 heterocycles. The van der Waals surface area contributed by atoms with E-state index in [1.54, 1.807) is 41.0 Å². The molecule has 5 rings (SSSR count). The summed E-state index contributed by atoms with van der Waals surface area (Å²) >= 11 is 0. The number of carbonyl (C=O) groups excluding carboxylic acids is 1. The number of fused-ring (bicyclic) bond motifs is 1. The summed E-state index contributed by atoms with van der Waals surface area (Å²) in [5.41, 5.74) is 18.6. The number of nitrogens with one attached hydrogen (secondary N) is 1. The zero-order valence-corrected chi connectivity index (χ0v) is 20.1. The van der Waals surface area contributed by atoms with Crippen LogP contribution in [0.2, 0.25) is 0 Å². The number of benzene rings is 3. The van der Waals surface area contributed by atoms with Crippen LogP contribution in [0.3, 0.4) is 0 Å². The fourth-order valence-corrected chi connectivity index (χ4v) is 4.31. The van der Waals surface area contributed by atoms with Crippen molar-refractivity contribution in [2.75, 3.05) is 5.01 Å². The molecular formula is C28H26FN7O. The van der Waals surface area contributed by atoms with Crippen LogP contribution in [-0.4, -0.2) is 20.7 Å². The van der Waals surface area contributed by atoms with Crippen LogP contribution in [0.25, 0.3) is 10.9 Å². The Bertz CT molecular complexity index is 1520. The van der Waals surface area contributed by atoms with Gasteiger partial charge in [-0.25, -0.2) is 14.8 Å². The lowest BCUT2D eigenvalue weighted by Crippen LogP contribution is -2.42. The predicted octanol–water partition coefficient (Wildman–Crippen LogP) is 4.29. The second-order valence-electron chi connectivity index (χ2n) is 8.66. The number of anilines is 2. The number of pyridine rings is 1. The van der Waals surface area contributed by atoms with Gasteiger partial charge in [0.25, 0.3) is 0 Å². The number of hydrogen-bond donors (Lipinski definition) is 3. The van der Waals surface area contributed by atoms with Crippen LogP contribution < -0.4 is 21.9 Å². The average molecular weight is 496 g/mol. The second kappa shape index (κ2) is 10.2. The summed E-state index contributed by atoms with van der Waals surface area (Å²) in [5.74, 6) is -0.720. The van der Waals surface area contributed by atoms with E-state index in [0.717, 1.165) is 11.1 Å². The molecule has 37 heavy (non-hydrogen) atoms. The van der Waals surface area contributed by atoms with Crippen LogP contribution in [0.15, 0.2) is 97.3 Å². The molecule has 0 aliphatic heterocycles. The van der Waals surface area contributed by atoms with E-state index in [1.165, 1.54) is 12.4 Å². The molecule has 0 aliphatic rings. The van der Waals surface area contributed by atoms with Gasteiger partial charge in [-0.3, -0.25) is 14.5 Å². The van der Waals surface area contributed by atoms with Gasteiger partial charge < -0.3 is 11.5 Å². The van der Waals surface area contributed by atoms with E-state index in [9.17, 15) is 4.79 Å². The van der Waals surface area contributed by atoms with Gasteiger partial charge in [0.2, 0.25) is 5.91 Å². The smallest absolute Gasteiger partial charge is 0.250 e. The molecule has 0 unspecified atom stereocenters. The number of amides is 1. The van der Waals surface area contributed by atoms with E-state index in [1.807, 2.05) is 60.7 Å². The fourth-order valence-electron chi connectivity index (χ4n) is 4.31. The van der Waals surface area contributed by atoms with Gasteiger partial charge in [-0.2, -0.15) is 5.10 Å². The zero-order valence-electron chi connectivity index (χ0n) is 20.1. The van der Waals surface area contributed by atoms with Crippen molar-refractivity contribution in [3.63, 3.8) is 0 Å². The molecule has 3 aromatic carbocycles. The van der Waals surface area contributed by atoms with Crippen molar-refractivity contribution in [3.8, 4) is 0 Å². The maximum atomic E-state index is 15.9. The Hall–Kier alpha value is -4.60. The highest BCUT2D eigenvalue weighted by Crippen LogP contribution is 2.34. The lowest BCUT2D eigenvalue weighted by atomic mass is 9.94. The van der Waals surface area contributed by atoms with Gasteiger partial charge in [-0.15, -0.1) is 0 Å². The van der Waals surface area contributed by atoms with Gasteiger partial charge in [0.15, 0.2) is 5.82 Å². The third-order valence-electron chi connectivity index (χ3n) is 6.32. The zero-order chi connectivity index (χ0) is 25.9. The number of aromatic nitrogens is 3. The van der Waals surface area contributed by atoms with Crippen molar-refractivity contribution in [1.29, 1.82) is 0 Å². The summed E-state index contributed by atoms with van der Waals surface area (Å²) in [4.78, 5) is 16.0. The van der Waals surface area contributed by atoms with Crippen molar-refractivity contribution in [3.05, 3.63) is 120 Å². The molecule has 9 heteroatoms. The summed E-state index contributed by atoms with van der Waals surface area (Å²) in [6, 6.07) is 25.0. The molecule has 2 aromatic heterocycles. The maximum absolute atomic E-state index is 15.9. The molecule has 0 fully saturated rings. The Kier molecular flexibility index (Phi) is 6.63. The van der Waals surface area contributed by atoms with Crippen molar-refractivity contribution < 1.29 is 9.18 Å². The number of hydrogen-bond acceptors (Lipinski definition) is 6. The topological polar surface area (TPSA) is 115 Å². The Morgan fingerprint density at radius 1 is 0.946 bits per heavy atom. The van der Waals surface area contributed by atoms with Crippen LogP contribution >= 0.6 is 0 Å². The van der Waals surface area contributed by atoms with E-state index in [2.05, 4.69) is 15.5 Å². The monoisotopic (exact) mass is 495 g/mol. The maximum Gasteiger partial charge on any atom is 0.250 e. The molecule has 0 spiro atoms. The molecule has 1 amide bonds. The molecule has 0 saturated heterocycles. The first kappa shape index (κ1) is 24.1. The number of nitrogens with two attached hydrogens (primary N) is 2. The molecule has 0 bridgehead atoms. The number of halogens is 1. The Balaban J connectivity index is 1.64. The average Bonchev–Trinajstić information content (AvgIpc) is 3.32.